The van der Waals surface area contributed by atoms with E-state index in [-0.39, 0.29) is 17.6 Å². The average Bonchev–Trinajstić information content (AvgIpc) is 3.22. The van der Waals surface area contributed by atoms with Crippen LogP contribution in [0.25, 0.3) is 0 Å². The summed E-state index contributed by atoms with van der Waals surface area (Å²) in [5.41, 5.74) is 0.686. The minimum atomic E-state index is -1.06. The topological polar surface area (TPSA) is 101 Å². The highest BCUT2D eigenvalue weighted by Gasteiger charge is 2.39. The summed E-state index contributed by atoms with van der Waals surface area (Å²) in [5, 5.41) is 19.8. The fraction of sp³-hybridized carbons (Fsp3) is 0.429. The molecule has 0 radical (unpaired) electrons. The monoisotopic (exact) mass is 292 g/mol. The highest BCUT2D eigenvalue weighted by atomic mass is 16.6. The van der Waals surface area contributed by atoms with Crippen molar-refractivity contribution in [2.45, 2.75) is 38.8 Å². The molecule has 0 saturated heterocycles. The van der Waals surface area contributed by atoms with Gasteiger partial charge in [-0.1, -0.05) is 0 Å². The smallest absolute Gasteiger partial charge is 0.326 e. The molecule has 1 amide bonds. The van der Waals surface area contributed by atoms with E-state index in [2.05, 4.69) is 0 Å². The highest BCUT2D eigenvalue weighted by Crippen LogP contribution is 2.31. The van der Waals surface area contributed by atoms with Crippen LogP contribution in [-0.2, 0) is 4.79 Å². The van der Waals surface area contributed by atoms with E-state index in [1.54, 1.807) is 6.92 Å². The molecule has 1 unspecified atom stereocenters. The molecule has 0 spiro atoms. The van der Waals surface area contributed by atoms with E-state index < -0.39 is 16.9 Å². The molecule has 1 aromatic rings. The van der Waals surface area contributed by atoms with Gasteiger partial charge in [-0.3, -0.25) is 14.9 Å². The van der Waals surface area contributed by atoms with Gasteiger partial charge in [0, 0.05) is 23.7 Å². The number of hydrogen-bond acceptors (Lipinski definition) is 4. The van der Waals surface area contributed by atoms with Crippen molar-refractivity contribution in [2.24, 2.45) is 0 Å². The molecule has 112 valence electrons. The van der Waals surface area contributed by atoms with Crippen molar-refractivity contribution in [3.8, 4) is 0 Å². The lowest BCUT2D eigenvalue weighted by Gasteiger charge is -2.27. The maximum Gasteiger partial charge on any atom is 0.326 e. The van der Waals surface area contributed by atoms with Gasteiger partial charge in [-0.2, -0.15) is 0 Å². The van der Waals surface area contributed by atoms with Crippen LogP contribution < -0.4 is 0 Å². The summed E-state index contributed by atoms with van der Waals surface area (Å²) in [7, 11) is 0. The van der Waals surface area contributed by atoms with E-state index in [4.69, 9.17) is 5.11 Å². The summed E-state index contributed by atoms with van der Waals surface area (Å²) in [5.74, 6) is -1.45. The lowest BCUT2D eigenvalue weighted by molar-refractivity contribution is -0.384. The van der Waals surface area contributed by atoms with E-state index in [1.165, 1.54) is 30.0 Å². The first-order valence-corrected chi connectivity index (χ1v) is 6.63. The normalized spacial score (nSPS) is 15.3. The second kappa shape index (κ2) is 5.51. The first-order chi connectivity index (χ1) is 9.82. The van der Waals surface area contributed by atoms with Gasteiger partial charge in [-0.15, -0.1) is 0 Å². The molecule has 7 heteroatoms. The van der Waals surface area contributed by atoms with Crippen molar-refractivity contribution in [3.05, 3.63) is 39.4 Å². The van der Waals surface area contributed by atoms with Crippen LogP contribution in [0.4, 0.5) is 5.69 Å². The molecule has 0 aromatic heterocycles. The van der Waals surface area contributed by atoms with E-state index in [9.17, 15) is 19.7 Å². The summed E-state index contributed by atoms with van der Waals surface area (Å²) < 4.78 is 0. The van der Waals surface area contributed by atoms with Crippen molar-refractivity contribution < 1.29 is 19.6 Å². The van der Waals surface area contributed by atoms with Gasteiger partial charge < -0.3 is 10.0 Å². The Kier molecular flexibility index (Phi) is 3.93. The van der Waals surface area contributed by atoms with E-state index >= 15 is 0 Å². The van der Waals surface area contributed by atoms with Crippen LogP contribution in [0, 0.1) is 17.0 Å². The number of aryl methyl sites for hydroxylation is 1. The van der Waals surface area contributed by atoms with Crippen molar-refractivity contribution in [1.82, 2.24) is 4.90 Å². The van der Waals surface area contributed by atoms with Crippen molar-refractivity contribution in [1.29, 1.82) is 0 Å². The number of carbonyl (C=O) groups excluding carboxylic acids is 1. The number of carboxylic acid groups (broad SMARTS) is 1. The van der Waals surface area contributed by atoms with Gasteiger partial charge in [0.05, 0.1) is 4.92 Å². The first kappa shape index (κ1) is 15.0. The summed E-state index contributed by atoms with van der Waals surface area (Å²) in [6.45, 7) is 3.08. The van der Waals surface area contributed by atoms with Gasteiger partial charge in [0.15, 0.2) is 0 Å². The molecule has 21 heavy (non-hydrogen) atoms. The molecule has 2 rings (SSSR count). The predicted molar refractivity (Wildman–Crippen MR) is 74.1 cm³/mol. The minimum Gasteiger partial charge on any atom is -0.480 e. The van der Waals surface area contributed by atoms with Gasteiger partial charge in [-0.25, -0.2) is 4.79 Å². The highest BCUT2D eigenvalue weighted by molar-refractivity contribution is 5.98. The number of rotatable bonds is 5. The van der Waals surface area contributed by atoms with Crippen LogP contribution >= 0.6 is 0 Å². The van der Waals surface area contributed by atoms with Crippen LogP contribution in [-0.4, -0.2) is 38.9 Å². The summed E-state index contributed by atoms with van der Waals surface area (Å²) in [6.07, 6.45) is 1.57. The quantitative estimate of drug-likeness (QED) is 0.660. The lowest BCUT2D eigenvalue weighted by atomic mass is 10.1. The molecule has 1 aliphatic carbocycles. The van der Waals surface area contributed by atoms with Crippen molar-refractivity contribution in [2.75, 3.05) is 0 Å². The second-order valence-electron chi connectivity index (χ2n) is 5.21. The second-order valence-corrected chi connectivity index (χ2v) is 5.21. The molecular weight excluding hydrogens is 276 g/mol. The Hall–Kier alpha value is -2.44. The van der Waals surface area contributed by atoms with Gasteiger partial charge in [0.1, 0.15) is 6.04 Å². The van der Waals surface area contributed by atoms with Crippen LogP contribution in [0.1, 0.15) is 35.7 Å². The van der Waals surface area contributed by atoms with E-state index in [0.717, 1.165) is 12.8 Å². The first-order valence-electron chi connectivity index (χ1n) is 6.63. The molecule has 0 aliphatic heterocycles. The lowest BCUT2D eigenvalue weighted by Crippen LogP contribution is -2.44. The Bertz CT molecular complexity index is 609. The zero-order chi connectivity index (χ0) is 15.7. The molecular formula is C14H16N2O5. The van der Waals surface area contributed by atoms with Crippen molar-refractivity contribution in [3.63, 3.8) is 0 Å². The van der Waals surface area contributed by atoms with Crippen LogP contribution in [0.2, 0.25) is 0 Å². The SMILES string of the molecule is Cc1cc([N+](=O)[O-])ccc1C(=O)N(C1CC1)C(C)C(=O)O. The Morgan fingerprint density at radius 2 is 2.05 bits per heavy atom. The van der Waals surface area contributed by atoms with Crippen molar-refractivity contribution >= 4 is 17.6 Å². The van der Waals surface area contributed by atoms with Crippen LogP contribution in [0.15, 0.2) is 18.2 Å². The third kappa shape index (κ3) is 3.01. The maximum absolute atomic E-state index is 12.6. The maximum atomic E-state index is 12.6. The number of benzene rings is 1. The fourth-order valence-electron chi connectivity index (χ4n) is 2.27. The largest absolute Gasteiger partial charge is 0.480 e. The molecule has 1 atom stereocenters. The number of nitro benzene ring substituents is 1. The predicted octanol–water partition coefficient (Wildman–Crippen LogP) is 1.98. The van der Waals surface area contributed by atoms with E-state index in [0.29, 0.717) is 11.1 Å². The Morgan fingerprint density at radius 3 is 2.48 bits per heavy atom. The number of aliphatic carboxylic acids is 1. The van der Waals surface area contributed by atoms with Crippen LogP contribution in [0.3, 0.4) is 0 Å². The summed E-state index contributed by atoms with van der Waals surface area (Å²) >= 11 is 0. The van der Waals surface area contributed by atoms with Gasteiger partial charge in [0.25, 0.3) is 11.6 Å². The molecule has 1 aliphatic rings. The molecule has 1 aromatic carbocycles. The third-order valence-electron chi connectivity index (χ3n) is 3.60. The summed E-state index contributed by atoms with van der Waals surface area (Å²) in [6, 6.07) is 3.00. The van der Waals surface area contributed by atoms with Gasteiger partial charge >= 0.3 is 5.97 Å². The molecule has 1 N–H and O–H groups in total. The average molecular weight is 292 g/mol. The molecule has 7 nitrogen and oxygen atoms in total. The standard InChI is InChI=1S/C14H16N2O5/c1-8-7-11(16(20)21)5-6-12(8)13(17)15(10-3-4-10)9(2)14(18)19/h5-7,9-10H,3-4H2,1-2H3,(H,18,19). The zero-order valence-electron chi connectivity index (χ0n) is 11.8. The number of amides is 1. The number of carboxylic acids is 1. The number of nitrogens with zero attached hydrogens (tertiary/aromatic N) is 2. The van der Waals surface area contributed by atoms with Gasteiger partial charge in [-0.05, 0) is 38.3 Å². The summed E-state index contributed by atoms with van der Waals surface area (Å²) in [4.78, 5) is 35.3. The van der Waals surface area contributed by atoms with E-state index in [1.807, 2.05) is 0 Å². The number of non-ortho nitro benzene ring substituents is 1. The molecule has 1 fully saturated rings. The van der Waals surface area contributed by atoms with Crippen LogP contribution in [0.5, 0.6) is 0 Å². The molecule has 1 saturated carbocycles. The molecule has 0 heterocycles. The Morgan fingerprint density at radius 1 is 1.43 bits per heavy atom. The Labute approximate surface area is 121 Å². The number of hydrogen-bond donors (Lipinski definition) is 1. The Balaban J connectivity index is 2.33. The minimum absolute atomic E-state index is 0.0572. The third-order valence-corrected chi connectivity index (χ3v) is 3.60. The zero-order valence-corrected chi connectivity index (χ0v) is 11.8. The molecule has 0 bridgehead atoms. The number of nitro groups is 1. The number of carbonyl (C=O) groups is 2. The van der Waals surface area contributed by atoms with Gasteiger partial charge in [0.2, 0.25) is 0 Å². The fourth-order valence-corrected chi connectivity index (χ4v) is 2.27.